The van der Waals surface area contributed by atoms with Gasteiger partial charge in [0.1, 0.15) is 122 Å². The summed E-state index contributed by atoms with van der Waals surface area (Å²) in [6.07, 6.45) is 1.64. The van der Waals surface area contributed by atoms with Gasteiger partial charge in [-0.3, -0.25) is 19.2 Å². The molecular weight excluding hydrogens is 1920 g/mol. The summed E-state index contributed by atoms with van der Waals surface area (Å²) < 4.78 is 137. The monoisotopic (exact) mass is 1990 g/mol. The van der Waals surface area contributed by atoms with E-state index in [1.807, 2.05) is 6.92 Å². The molecule has 8 aromatic heterocycles. The molecule has 0 aliphatic heterocycles. The lowest BCUT2D eigenvalue weighted by Gasteiger charge is -2.11. The number of oxazole rings is 4. The number of halogens is 11. The highest BCUT2D eigenvalue weighted by atomic mass is 35.5. The lowest BCUT2D eigenvalue weighted by Crippen LogP contribution is -2.33. The third kappa shape index (κ3) is 29.4. The number of ether oxygens (including phenoxy) is 4. The maximum atomic E-state index is 13.3. The van der Waals surface area contributed by atoms with Crippen molar-refractivity contribution in [1.29, 1.82) is 0 Å². The fourth-order valence-electron chi connectivity index (χ4n) is 11.4. The second-order valence-corrected chi connectivity index (χ2v) is 34.2. The number of benzene rings is 8. The average Bonchev–Trinajstić information content (AvgIpc) is 1.75. The highest BCUT2D eigenvalue weighted by Gasteiger charge is 2.29. The molecule has 8 aromatic carbocycles. The van der Waals surface area contributed by atoms with Crippen LogP contribution in [0.4, 0.5) is 30.7 Å². The van der Waals surface area contributed by atoms with Gasteiger partial charge >= 0.3 is 6.18 Å². The Labute approximate surface area is 804 Å². The van der Waals surface area contributed by atoms with Gasteiger partial charge in [0.15, 0.2) is 20.4 Å². The number of rotatable bonds is 30. The van der Waals surface area contributed by atoms with E-state index in [0.717, 1.165) is 0 Å². The summed E-state index contributed by atoms with van der Waals surface area (Å²) in [6, 6.07) is 63.4. The van der Waals surface area contributed by atoms with E-state index in [2.05, 4.69) is 45.2 Å². The van der Waals surface area contributed by atoms with Crippen molar-refractivity contribution in [2.75, 3.05) is 41.3 Å². The van der Waals surface area contributed by atoms with Crippen LogP contribution in [0, 0.1) is 23.3 Å². The Morgan fingerprint density at radius 3 is 0.770 bits per heavy atom. The zero-order chi connectivity index (χ0) is 95.7. The maximum Gasteiger partial charge on any atom is 0.405 e. The lowest BCUT2D eigenvalue weighted by atomic mass is 10.2. The van der Waals surface area contributed by atoms with Gasteiger partial charge in [-0.25, -0.2) is 57.4 Å². The molecule has 0 atom stereocenters. The molecule has 0 radical (unpaired) electrons. The van der Waals surface area contributed by atoms with Gasteiger partial charge in [0.25, 0.3) is 23.6 Å². The van der Waals surface area contributed by atoms with Crippen molar-refractivity contribution in [3.05, 3.63) is 356 Å². The molecule has 0 bridgehead atoms. The number of amides is 4. The first-order chi connectivity index (χ1) is 64.9. The zero-order valence-electron chi connectivity index (χ0n) is 71.3. The van der Waals surface area contributed by atoms with Crippen LogP contribution in [0.15, 0.2) is 326 Å². The number of hydrogen-bond acceptors (Lipinski definition) is 24. The molecule has 0 aliphatic rings. The average molecular weight is 1990 g/mol. The lowest BCUT2D eigenvalue weighted by molar-refractivity contribution is -0.123. The summed E-state index contributed by atoms with van der Waals surface area (Å²) in [6.45, 7) is 1.35. The Hall–Kier alpha value is -13.7. The highest BCUT2D eigenvalue weighted by molar-refractivity contribution is 7.99. The van der Waals surface area contributed by atoms with Gasteiger partial charge < -0.3 is 57.0 Å². The van der Waals surface area contributed by atoms with Gasteiger partial charge in [-0.15, -0.1) is 0 Å². The van der Waals surface area contributed by atoms with Crippen LogP contribution in [0.2, 0.25) is 20.1 Å². The zero-order valence-corrected chi connectivity index (χ0v) is 77.6. The van der Waals surface area contributed by atoms with E-state index < -0.39 is 24.4 Å². The van der Waals surface area contributed by atoms with Crippen molar-refractivity contribution in [3.63, 3.8) is 0 Å². The molecule has 16 rings (SSSR count). The van der Waals surface area contributed by atoms with Gasteiger partial charge in [0.2, 0.25) is 23.6 Å². The smallest absolute Gasteiger partial charge is 0.405 e. The van der Waals surface area contributed by atoms with E-state index in [1.54, 1.807) is 210 Å². The maximum absolute atomic E-state index is 13.3. The van der Waals surface area contributed by atoms with Crippen LogP contribution in [0.3, 0.4) is 0 Å². The van der Waals surface area contributed by atoms with Crippen molar-refractivity contribution in [1.82, 2.24) is 60.3 Å². The number of carbonyl (C=O) groups excluding carboxylic acids is 4. The molecular formula is C96H73Cl4F7N12O12S4. The van der Waals surface area contributed by atoms with E-state index in [1.165, 1.54) is 148 Å². The van der Waals surface area contributed by atoms with E-state index in [4.69, 9.17) is 83.0 Å². The summed E-state index contributed by atoms with van der Waals surface area (Å²) in [7, 11) is 6.80. The standard InChI is InChI=1S/C24H16ClF4N3O3S.3C24H19ClFN3O3S/c25-16-5-10-20(30-11-16)36-23-19(32-22(35-23)15-1-6-17(26)7-2-15)12-34-18-8-3-14(4-9-18)21(33)31-13-24(27,28)29;2*1-29(2)23(30)16-5-10-19(11-6-16)31-14-20-24(33-21-12-7-17(25)13-27-21)32-22(28-20)15-3-8-18(26)9-4-15;1-2-27-22(30)15-5-10-19(11-6-15)31-14-20-24(33-21-12-7-17(25)13-28-21)32-23(29-20)16-3-8-18(26)9-4-16/h1-11H,12-13H2,(H,31,33);2*3-13H,14H2,1-2H3;3-13H,2,14H2,1H3,(H,27,30). The van der Waals surface area contributed by atoms with Crippen LogP contribution in [0.5, 0.6) is 23.0 Å². The second-order valence-electron chi connectivity index (χ2n) is 28.5. The van der Waals surface area contributed by atoms with Gasteiger partial charge in [-0.1, -0.05) is 46.4 Å². The molecule has 0 aliphatic carbocycles. The van der Waals surface area contributed by atoms with Crippen molar-refractivity contribution in [2.45, 2.75) is 80.0 Å². The molecule has 2 N–H and O–H groups in total. The first-order valence-electron chi connectivity index (χ1n) is 40.1. The summed E-state index contributed by atoms with van der Waals surface area (Å²) in [5.74, 6) is 0.787. The first-order valence-corrected chi connectivity index (χ1v) is 44.9. The molecule has 24 nitrogen and oxygen atoms in total. The van der Waals surface area contributed by atoms with Crippen LogP contribution in [-0.2, 0) is 26.4 Å². The molecule has 8 heterocycles. The fourth-order valence-corrected chi connectivity index (χ4v) is 15.0. The second kappa shape index (κ2) is 47.3. The largest absolute Gasteiger partial charge is 0.487 e. The quantitative estimate of drug-likeness (QED) is 0.0395. The van der Waals surface area contributed by atoms with Gasteiger partial charge in [0.05, 0.1) is 20.1 Å². The van der Waals surface area contributed by atoms with E-state index in [-0.39, 0.29) is 73.1 Å². The van der Waals surface area contributed by atoms with E-state index in [9.17, 15) is 49.9 Å². The molecule has 690 valence electrons. The Kier molecular flexibility index (Phi) is 34.6. The van der Waals surface area contributed by atoms with Gasteiger partial charge in [-0.05, 0) is 297 Å². The number of nitrogens with one attached hydrogen (secondary N) is 2. The minimum Gasteiger partial charge on any atom is -0.487 e. The minimum absolute atomic E-state index is 0.0275. The predicted molar refractivity (Wildman–Crippen MR) is 497 cm³/mol. The normalized spacial score (nSPS) is 10.9. The predicted octanol–water partition coefficient (Wildman–Crippen LogP) is 24.5. The highest BCUT2D eigenvalue weighted by Crippen LogP contribution is 2.40. The van der Waals surface area contributed by atoms with Crippen LogP contribution in [0.1, 0.15) is 71.1 Å². The third-order valence-electron chi connectivity index (χ3n) is 18.1. The number of aromatic nitrogens is 8. The SMILES string of the molecule is CCNC(=O)c1ccc(OCc2nc(-c3ccc(F)cc3)oc2Sc2ccc(Cl)cn2)cc1.CN(C)C(=O)c1ccc(OCc2nc(-c3ccc(F)cc3)oc2Sc2ccc(Cl)cn2)cc1.CN(C)C(=O)c1ccc(OCc2nc(-c3ccc(F)cc3)oc2Sc2ccc(Cl)cn2)cc1.O=C(NCC(F)(F)F)c1ccc(OCc2nc(-c3ccc(F)cc3)oc2Sc2ccc(Cl)cn2)cc1. The number of hydrogen-bond donors (Lipinski definition) is 2. The Bertz CT molecular complexity index is 6460. The number of carbonyl (C=O) groups is 4. The van der Waals surface area contributed by atoms with E-state index in [0.29, 0.717) is 169 Å². The van der Waals surface area contributed by atoms with E-state index >= 15 is 0 Å². The topological polar surface area (TPSA) is 291 Å². The number of pyridine rings is 4. The molecule has 0 saturated carbocycles. The molecule has 39 heteroatoms. The van der Waals surface area contributed by atoms with Crippen molar-refractivity contribution in [3.8, 4) is 68.8 Å². The van der Waals surface area contributed by atoms with Crippen molar-refractivity contribution in [2.24, 2.45) is 0 Å². The number of nitrogens with zero attached hydrogens (tertiary/aromatic N) is 10. The number of alkyl halides is 3. The molecule has 0 unspecified atom stereocenters. The summed E-state index contributed by atoms with van der Waals surface area (Å²) >= 11 is 28.7. The van der Waals surface area contributed by atoms with Crippen molar-refractivity contribution >= 4 is 117 Å². The summed E-state index contributed by atoms with van der Waals surface area (Å²) in [5.41, 5.74) is 6.32. The molecule has 0 spiro atoms. The molecule has 0 fully saturated rings. The van der Waals surface area contributed by atoms with Crippen LogP contribution in [-0.4, -0.2) is 121 Å². The Morgan fingerprint density at radius 1 is 0.333 bits per heavy atom. The van der Waals surface area contributed by atoms with Crippen LogP contribution >= 0.6 is 93.5 Å². The summed E-state index contributed by atoms with van der Waals surface area (Å²) in [5, 5.41) is 11.1. The first kappa shape index (κ1) is 98.8. The van der Waals surface area contributed by atoms with Gasteiger partial charge in [0, 0.05) is 104 Å². The Balaban J connectivity index is 0.000000153. The van der Waals surface area contributed by atoms with Crippen molar-refractivity contribution < 1.29 is 86.5 Å². The minimum atomic E-state index is -4.50. The Morgan fingerprint density at radius 2 is 0.563 bits per heavy atom. The molecule has 135 heavy (non-hydrogen) atoms. The molecule has 4 amide bonds. The fraction of sp³-hybridized carbons (Fsp3) is 0.125. The molecule has 0 saturated heterocycles. The molecule has 16 aromatic rings. The van der Waals surface area contributed by atoms with Crippen LogP contribution < -0.4 is 29.6 Å². The van der Waals surface area contributed by atoms with Crippen LogP contribution in [0.25, 0.3) is 45.8 Å². The van der Waals surface area contributed by atoms with Gasteiger partial charge in [-0.2, -0.15) is 13.2 Å². The summed E-state index contributed by atoms with van der Waals surface area (Å²) in [4.78, 5) is 86.1. The third-order valence-corrected chi connectivity index (χ3v) is 22.9.